The molecule has 0 aliphatic carbocycles. The summed E-state index contributed by atoms with van der Waals surface area (Å²) in [7, 11) is 0. The fourth-order valence-corrected chi connectivity index (χ4v) is 1.91. The van der Waals surface area contributed by atoms with E-state index < -0.39 is 5.91 Å². The Morgan fingerprint density at radius 2 is 2.17 bits per heavy atom. The Kier molecular flexibility index (Phi) is 3.62. The predicted octanol–water partition coefficient (Wildman–Crippen LogP) is 3.04. The monoisotopic (exact) mass is 306 g/mol. The summed E-state index contributed by atoms with van der Waals surface area (Å²) in [4.78, 5) is 15.2. The van der Waals surface area contributed by atoms with Gasteiger partial charge >= 0.3 is 0 Å². The number of ether oxygens (including phenoxy) is 1. The summed E-state index contributed by atoms with van der Waals surface area (Å²) < 4.78 is 6.50. The Morgan fingerprint density at radius 3 is 2.83 bits per heavy atom. The van der Waals surface area contributed by atoms with E-state index in [0.717, 1.165) is 10.0 Å². The molecule has 1 amide bonds. The standard InChI is InChI=1S/C13H11BrN2O2/c1-8-5-10(14)7-16-13(8)18-11-4-2-3-9(6-11)12(15)17/h2-7H,1H3,(H2,15,17). The van der Waals surface area contributed by atoms with Gasteiger partial charge in [-0.25, -0.2) is 4.98 Å². The van der Waals surface area contributed by atoms with E-state index in [1.807, 2.05) is 13.0 Å². The topological polar surface area (TPSA) is 65.2 Å². The quantitative estimate of drug-likeness (QED) is 0.948. The van der Waals surface area contributed by atoms with E-state index in [-0.39, 0.29) is 0 Å². The van der Waals surface area contributed by atoms with Crippen LogP contribution in [0.2, 0.25) is 0 Å². The van der Waals surface area contributed by atoms with Crippen molar-refractivity contribution >= 4 is 21.8 Å². The van der Waals surface area contributed by atoms with Gasteiger partial charge in [0, 0.05) is 21.8 Å². The number of aromatic nitrogens is 1. The molecule has 1 aromatic carbocycles. The van der Waals surface area contributed by atoms with E-state index in [2.05, 4.69) is 20.9 Å². The number of primary amides is 1. The number of amides is 1. The maximum absolute atomic E-state index is 11.1. The average Bonchev–Trinajstić information content (AvgIpc) is 2.33. The molecule has 0 spiro atoms. The van der Waals surface area contributed by atoms with Gasteiger partial charge in [-0.15, -0.1) is 0 Å². The van der Waals surface area contributed by atoms with Crippen molar-refractivity contribution in [3.05, 3.63) is 52.1 Å². The van der Waals surface area contributed by atoms with Crippen LogP contribution in [0, 0.1) is 6.92 Å². The van der Waals surface area contributed by atoms with Crippen LogP contribution in [0.25, 0.3) is 0 Å². The molecule has 1 heterocycles. The zero-order valence-corrected chi connectivity index (χ0v) is 11.3. The Bertz CT molecular complexity index is 599. The molecule has 2 aromatic rings. The van der Waals surface area contributed by atoms with E-state index in [4.69, 9.17) is 10.5 Å². The minimum Gasteiger partial charge on any atom is -0.439 e. The van der Waals surface area contributed by atoms with Crippen LogP contribution in [0.4, 0.5) is 0 Å². The van der Waals surface area contributed by atoms with E-state index in [1.165, 1.54) is 0 Å². The van der Waals surface area contributed by atoms with Crippen molar-refractivity contribution < 1.29 is 9.53 Å². The molecule has 0 aliphatic rings. The Morgan fingerprint density at radius 1 is 1.39 bits per heavy atom. The van der Waals surface area contributed by atoms with Crippen molar-refractivity contribution in [1.29, 1.82) is 0 Å². The van der Waals surface area contributed by atoms with E-state index in [9.17, 15) is 4.79 Å². The molecule has 5 heteroatoms. The molecule has 0 saturated heterocycles. The van der Waals surface area contributed by atoms with E-state index in [0.29, 0.717) is 17.2 Å². The van der Waals surface area contributed by atoms with Gasteiger partial charge in [0.05, 0.1) is 0 Å². The van der Waals surface area contributed by atoms with Crippen LogP contribution in [0.15, 0.2) is 41.0 Å². The SMILES string of the molecule is Cc1cc(Br)cnc1Oc1cccc(C(N)=O)c1. The fraction of sp³-hybridized carbons (Fsp3) is 0.0769. The molecule has 0 saturated carbocycles. The average molecular weight is 307 g/mol. The van der Waals surface area contributed by atoms with Crippen molar-refractivity contribution in [3.8, 4) is 11.6 Å². The Labute approximate surface area is 113 Å². The van der Waals surface area contributed by atoms with Crippen molar-refractivity contribution in [1.82, 2.24) is 4.98 Å². The second-order valence-electron chi connectivity index (χ2n) is 3.77. The minimum atomic E-state index is -0.485. The summed E-state index contributed by atoms with van der Waals surface area (Å²) in [6.45, 7) is 1.89. The number of pyridine rings is 1. The third-order valence-electron chi connectivity index (χ3n) is 2.33. The highest BCUT2D eigenvalue weighted by atomic mass is 79.9. The van der Waals surface area contributed by atoms with Crippen molar-refractivity contribution in [2.24, 2.45) is 5.73 Å². The number of hydrogen-bond acceptors (Lipinski definition) is 3. The summed E-state index contributed by atoms with van der Waals surface area (Å²) in [5, 5.41) is 0. The molecule has 4 nitrogen and oxygen atoms in total. The zero-order valence-electron chi connectivity index (χ0n) is 9.68. The number of nitrogens with two attached hydrogens (primary N) is 1. The zero-order chi connectivity index (χ0) is 13.1. The number of aryl methyl sites for hydroxylation is 1. The van der Waals surface area contributed by atoms with Crippen LogP contribution < -0.4 is 10.5 Å². The van der Waals surface area contributed by atoms with Gasteiger partial charge < -0.3 is 10.5 Å². The molecule has 0 radical (unpaired) electrons. The molecule has 18 heavy (non-hydrogen) atoms. The molecule has 2 rings (SSSR count). The van der Waals surface area contributed by atoms with Gasteiger partial charge in [0.25, 0.3) is 0 Å². The van der Waals surface area contributed by atoms with Crippen molar-refractivity contribution in [3.63, 3.8) is 0 Å². The second kappa shape index (κ2) is 5.18. The van der Waals surface area contributed by atoms with E-state index in [1.54, 1.807) is 30.5 Å². The largest absolute Gasteiger partial charge is 0.439 e. The van der Waals surface area contributed by atoms with Gasteiger partial charge in [0.15, 0.2) is 0 Å². The maximum atomic E-state index is 11.1. The predicted molar refractivity (Wildman–Crippen MR) is 71.7 cm³/mol. The van der Waals surface area contributed by atoms with Crippen LogP contribution >= 0.6 is 15.9 Å². The highest BCUT2D eigenvalue weighted by Gasteiger charge is 2.06. The van der Waals surface area contributed by atoms with Gasteiger partial charge in [-0.1, -0.05) is 6.07 Å². The number of hydrogen-bond donors (Lipinski definition) is 1. The number of carbonyl (C=O) groups excluding carboxylic acids is 1. The Hall–Kier alpha value is -1.88. The van der Waals surface area contributed by atoms with E-state index >= 15 is 0 Å². The first-order chi connectivity index (χ1) is 8.56. The normalized spacial score (nSPS) is 10.1. The first kappa shape index (κ1) is 12.6. The smallest absolute Gasteiger partial charge is 0.248 e. The molecule has 0 unspecified atom stereocenters. The highest BCUT2D eigenvalue weighted by Crippen LogP contribution is 2.25. The number of nitrogens with zero attached hydrogens (tertiary/aromatic N) is 1. The Balaban J connectivity index is 2.28. The lowest BCUT2D eigenvalue weighted by atomic mass is 10.2. The number of rotatable bonds is 3. The van der Waals surface area contributed by atoms with Crippen LogP contribution in [-0.4, -0.2) is 10.9 Å². The van der Waals surface area contributed by atoms with Crippen molar-refractivity contribution in [2.75, 3.05) is 0 Å². The van der Waals surface area contributed by atoms with Crippen molar-refractivity contribution in [2.45, 2.75) is 6.92 Å². The molecule has 0 aliphatic heterocycles. The van der Waals surface area contributed by atoms with Gasteiger partial charge in [-0.2, -0.15) is 0 Å². The molecule has 1 aromatic heterocycles. The maximum Gasteiger partial charge on any atom is 0.248 e. The van der Waals surface area contributed by atoms with Gasteiger partial charge in [-0.05, 0) is 47.1 Å². The summed E-state index contributed by atoms with van der Waals surface area (Å²) in [6.07, 6.45) is 1.65. The van der Waals surface area contributed by atoms with Gasteiger partial charge in [0.2, 0.25) is 11.8 Å². The molecular formula is C13H11BrN2O2. The van der Waals surface area contributed by atoms with Crippen LogP contribution in [0.5, 0.6) is 11.6 Å². The lowest BCUT2D eigenvalue weighted by Crippen LogP contribution is -2.10. The van der Waals surface area contributed by atoms with Crippen LogP contribution in [0.3, 0.4) is 0 Å². The summed E-state index contributed by atoms with van der Waals surface area (Å²) in [5.74, 6) is 0.546. The van der Waals surface area contributed by atoms with Crippen LogP contribution in [0.1, 0.15) is 15.9 Å². The third kappa shape index (κ3) is 2.87. The lowest BCUT2D eigenvalue weighted by Gasteiger charge is -2.08. The van der Waals surface area contributed by atoms with Gasteiger partial charge in [-0.3, -0.25) is 4.79 Å². The molecular weight excluding hydrogens is 296 g/mol. The third-order valence-corrected chi connectivity index (χ3v) is 2.76. The molecule has 92 valence electrons. The lowest BCUT2D eigenvalue weighted by molar-refractivity contribution is 0.1000. The molecule has 2 N–H and O–H groups in total. The van der Waals surface area contributed by atoms with Gasteiger partial charge in [0.1, 0.15) is 5.75 Å². The minimum absolute atomic E-state index is 0.405. The summed E-state index contributed by atoms with van der Waals surface area (Å²) in [6, 6.07) is 8.59. The second-order valence-corrected chi connectivity index (χ2v) is 4.69. The van der Waals surface area contributed by atoms with Crippen LogP contribution in [-0.2, 0) is 0 Å². The number of carbonyl (C=O) groups is 1. The molecule has 0 bridgehead atoms. The fourth-order valence-electron chi connectivity index (χ4n) is 1.46. The first-order valence-corrected chi connectivity index (χ1v) is 6.05. The number of benzene rings is 1. The molecule has 0 atom stereocenters. The summed E-state index contributed by atoms with van der Waals surface area (Å²) >= 11 is 3.33. The highest BCUT2D eigenvalue weighted by molar-refractivity contribution is 9.10. The summed E-state index contributed by atoms with van der Waals surface area (Å²) in [5.41, 5.74) is 6.51. The first-order valence-electron chi connectivity index (χ1n) is 5.26. The molecule has 0 fully saturated rings. The number of halogens is 1.